The van der Waals surface area contributed by atoms with Crippen molar-refractivity contribution in [1.29, 1.82) is 0 Å². The zero-order chi connectivity index (χ0) is 16.7. The second-order valence-electron chi connectivity index (χ2n) is 4.49. The minimum Gasteiger partial charge on any atom is -0.504 e. The molecule has 1 amide bonds. The van der Waals surface area contributed by atoms with Gasteiger partial charge < -0.3 is 15.5 Å². The minimum absolute atomic E-state index is 0.00629. The number of pyridine rings is 2. The van der Waals surface area contributed by atoms with Gasteiger partial charge in [0.2, 0.25) is 0 Å². The van der Waals surface area contributed by atoms with Gasteiger partial charge in [-0.1, -0.05) is 23.2 Å². The molecule has 3 heterocycles. The molecule has 0 aliphatic carbocycles. The summed E-state index contributed by atoms with van der Waals surface area (Å²) in [5.41, 5.74) is -0.339. The highest BCUT2D eigenvalue weighted by atomic mass is 35.5. The normalized spacial score (nSPS) is 11.0. The molecule has 3 rings (SSSR count). The van der Waals surface area contributed by atoms with Gasteiger partial charge in [0, 0.05) is 17.0 Å². The van der Waals surface area contributed by atoms with Gasteiger partial charge in [0.15, 0.2) is 11.4 Å². The monoisotopic (exact) mass is 371 g/mol. The van der Waals surface area contributed by atoms with E-state index >= 15 is 0 Å². The van der Waals surface area contributed by atoms with E-state index in [1.807, 2.05) is 0 Å². The van der Waals surface area contributed by atoms with Gasteiger partial charge in [0.25, 0.3) is 5.91 Å². The number of hydrogen-bond acceptors (Lipinski definition) is 6. The first kappa shape index (κ1) is 15.7. The summed E-state index contributed by atoms with van der Waals surface area (Å²) in [6.07, 6.45) is 1.53. The van der Waals surface area contributed by atoms with E-state index < -0.39 is 18.4 Å². The van der Waals surface area contributed by atoms with Crippen LogP contribution in [0.3, 0.4) is 0 Å². The van der Waals surface area contributed by atoms with Gasteiger partial charge in [-0.3, -0.25) is 9.59 Å². The lowest BCUT2D eigenvalue weighted by molar-refractivity contribution is -0.135. The number of nitrogens with zero attached hydrogens (tertiary/aromatic N) is 2. The van der Waals surface area contributed by atoms with Crippen LogP contribution < -0.4 is 5.32 Å². The highest BCUT2D eigenvalue weighted by Crippen LogP contribution is 2.43. The van der Waals surface area contributed by atoms with Crippen molar-refractivity contribution in [2.75, 3.05) is 6.54 Å². The Morgan fingerprint density at radius 3 is 2.78 bits per heavy atom. The molecule has 0 atom stereocenters. The van der Waals surface area contributed by atoms with Crippen LogP contribution in [0, 0.1) is 0 Å². The Morgan fingerprint density at radius 2 is 2.09 bits per heavy atom. The van der Waals surface area contributed by atoms with Crippen LogP contribution in [-0.4, -0.2) is 38.6 Å². The van der Waals surface area contributed by atoms with Crippen LogP contribution in [0.5, 0.6) is 5.75 Å². The average molecular weight is 372 g/mol. The number of carbonyl (C=O) groups is 2. The highest BCUT2D eigenvalue weighted by molar-refractivity contribution is 7.26. The molecule has 7 nitrogen and oxygen atoms in total. The number of rotatable bonds is 3. The Labute approximate surface area is 142 Å². The largest absolute Gasteiger partial charge is 0.504 e. The van der Waals surface area contributed by atoms with Crippen molar-refractivity contribution in [2.24, 2.45) is 0 Å². The Bertz CT molecular complexity index is 973. The maximum Gasteiger partial charge on any atom is 0.322 e. The zero-order valence-electron chi connectivity index (χ0n) is 11.1. The topological polar surface area (TPSA) is 112 Å². The second-order valence-corrected chi connectivity index (χ2v) is 6.28. The first-order valence-electron chi connectivity index (χ1n) is 6.14. The number of aromatic nitrogens is 2. The van der Waals surface area contributed by atoms with Gasteiger partial charge in [-0.2, -0.15) is 0 Å². The van der Waals surface area contributed by atoms with Gasteiger partial charge in [-0.05, 0) is 6.07 Å². The van der Waals surface area contributed by atoms with E-state index in [1.165, 1.54) is 17.5 Å². The number of amides is 1. The molecule has 3 aromatic rings. The van der Waals surface area contributed by atoms with Crippen molar-refractivity contribution < 1.29 is 19.8 Å². The molecule has 3 aromatic heterocycles. The zero-order valence-corrected chi connectivity index (χ0v) is 13.5. The Balaban J connectivity index is 2.20. The van der Waals surface area contributed by atoms with Crippen LogP contribution in [-0.2, 0) is 4.79 Å². The van der Waals surface area contributed by atoms with E-state index in [0.29, 0.717) is 20.2 Å². The summed E-state index contributed by atoms with van der Waals surface area (Å²) in [5.74, 6) is -2.42. The Hall–Kier alpha value is -2.16. The molecule has 118 valence electrons. The maximum absolute atomic E-state index is 12.0. The lowest BCUT2D eigenvalue weighted by atomic mass is 10.2. The maximum atomic E-state index is 12.0. The van der Waals surface area contributed by atoms with Crippen LogP contribution in [0.1, 0.15) is 10.5 Å². The fourth-order valence-corrected chi connectivity index (χ4v) is 3.65. The summed E-state index contributed by atoms with van der Waals surface area (Å²) in [4.78, 5) is 30.3. The van der Waals surface area contributed by atoms with Gasteiger partial charge >= 0.3 is 5.97 Å². The lowest BCUT2D eigenvalue weighted by Gasteiger charge is -2.06. The van der Waals surface area contributed by atoms with E-state index in [4.69, 9.17) is 28.3 Å². The number of fused-ring (bicyclic) bond motifs is 3. The molecule has 0 saturated heterocycles. The predicted molar refractivity (Wildman–Crippen MR) is 86.6 cm³/mol. The third-order valence-electron chi connectivity index (χ3n) is 3.01. The molecule has 0 saturated carbocycles. The van der Waals surface area contributed by atoms with Crippen LogP contribution in [0.25, 0.3) is 20.2 Å². The summed E-state index contributed by atoms with van der Waals surface area (Å²) in [6, 6.07) is 1.59. The van der Waals surface area contributed by atoms with Crippen molar-refractivity contribution in [2.45, 2.75) is 0 Å². The number of carboxylic acid groups (broad SMARTS) is 1. The number of carbonyl (C=O) groups excluding carboxylic acids is 1. The predicted octanol–water partition coefficient (Wildman–Crippen LogP) is 2.67. The van der Waals surface area contributed by atoms with Crippen LogP contribution in [0.4, 0.5) is 0 Å². The molecule has 0 unspecified atom stereocenters. The molecule has 0 aromatic carbocycles. The van der Waals surface area contributed by atoms with Crippen molar-refractivity contribution in [3.63, 3.8) is 0 Å². The van der Waals surface area contributed by atoms with E-state index in [2.05, 4.69) is 15.3 Å². The summed E-state index contributed by atoms with van der Waals surface area (Å²) in [5, 5.41) is 22.4. The Kier molecular flexibility index (Phi) is 3.97. The third kappa shape index (κ3) is 2.76. The summed E-state index contributed by atoms with van der Waals surface area (Å²) < 4.78 is 1.07. The quantitative estimate of drug-likeness (QED) is 0.610. The van der Waals surface area contributed by atoms with E-state index in [1.54, 1.807) is 6.07 Å². The number of hydrogen-bond donors (Lipinski definition) is 3. The molecule has 0 radical (unpaired) electrons. The smallest absolute Gasteiger partial charge is 0.322 e. The molecule has 10 heteroatoms. The van der Waals surface area contributed by atoms with Gasteiger partial charge in [0.1, 0.15) is 16.9 Å². The molecule has 3 N–H and O–H groups in total. The van der Waals surface area contributed by atoms with Crippen molar-refractivity contribution in [3.05, 3.63) is 28.3 Å². The van der Waals surface area contributed by atoms with Crippen LogP contribution >= 0.6 is 34.5 Å². The number of nitrogens with one attached hydrogen (secondary N) is 1. The van der Waals surface area contributed by atoms with E-state index in [0.717, 1.165) is 0 Å². The fourth-order valence-electron chi connectivity index (χ4n) is 2.06. The van der Waals surface area contributed by atoms with Crippen molar-refractivity contribution >= 4 is 66.6 Å². The van der Waals surface area contributed by atoms with Crippen molar-refractivity contribution in [3.8, 4) is 5.75 Å². The fraction of sp³-hybridized carbons (Fsp3) is 0.0769. The number of aromatic hydroxyl groups is 1. The van der Waals surface area contributed by atoms with E-state index in [9.17, 15) is 14.7 Å². The summed E-state index contributed by atoms with van der Waals surface area (Å²) in [6.45, 7) is -0.596. The number of aliphatic carboxylic acids is 1. The molecule has 0 spiro atoms. The molecule has 0 aliphatic heterocycles. The van der Waals surface area contributed by atoms with Gasteiger partial charge in [0.05, 0.1) is 9.40 Å². The average Bonchev–Trinajstić information content (AvgIpc) is 2.87. The SMILES string of the molecule is O=C(O)CNC(=O)c1nc(Cl)c2c(sc3cnc(Cl)cc32)c1O. The van der Waals surface area contributed by atoms with E-state index in [-0.39, 0.29) is 21.7 Å². The standard InChI is InChI=1S/C13H7Cl2N3O4S/c14-6-1-4-5(2-16-6)23-11-8(4)12(15)18-9(10(11)21)13(22)17-3-7(19)20/h1-2,21H,3H2,(H,17,22)(H,19,20). The molecule has 0 bridgehead atoms. The molecule has 0 fully saturated rings. The summed E-state index contributed by atoms with van der Waals surface area (Å²) >= 11 is 13.2. The molecule has 23 heavy (non-hydrogen) atoms. The molecular formula is C13H7Cl2N3O4S. The summed E-state index contributed by atoms with van der Waals surface area (Å²) in [7, 11) is 0. The van der Waals surface area contributed by atoms with Crippen molar-refractivity contribution in [1.82, 2.24) is 15.3 Å². The molecular weight excluding hydrogens is 365 g/mol. The van der Waals surface area contributed by atoms with Crippen LogP contribution in [0.2, 0.25) is 10.3 Å². The number of carboxylic acids is 1. The Morgan fingerprint density at radius 1 is 1.35 bits per heavy atom. The first-order valence-corrected chi connectivity index (χ1v) is 7.72. The lowest BCUT2D eigenvalue weighted by Crippen LogP contribution is -2.30. The van der Waals surface area contributed by atoms with Gasteiger partial charge in [-0.25, -0.2) is 9.97 Å². The first-order chi connectivity index (χ1) is 10.9. The van der Waals surface area contributed by atoms with Crippen LogP contribution in [0.15, 0.2) is 12.3 Å². The number of halogens is 2. The minimum atomic E-state index is -1.22. The highest BCUT2D eigenvalue weighted by Gasteiger charge is 2.22. The third-order valence-corrected chi connectivity index (χ3v) is 4.64. The number of thiophene rings is 1. The second kappa shape index (κ2) is 5.80. The van der Waals surface area contributed by atoms with Gasteiger partial charge in [-0.15, -0.1) is 11.3 Å². The molecule has 0 aliphatic rings.